The molecule has 0 aromatic heterocycles. The maximum Gasteiger partial charge on any atom is 0.130 e. The third-order valence-electron chi connectivity index (χ3n) is 6.96. The minimum absolute atomic E-state index is 0.0157. The summed E-state index contributed by atoms with van der Waals surface area (Å²) in [6, 6.07) is 0.371. The van der Waals surface area contributed by atoms with Gasteiger partial charge in [0.05, 0.1) is 12.1 Å². The predicted octanol–water partition coefficient (Wildman–Crippen LogP) is 0.724. The van der Waals surface area contributed by atoms with Crippen LogP contribution in [0.3, 0.4) is 0 Å². The van der Waals surface area contributed by atoms with E-state index in [4.69, 9.17) is 22.1 Å². The topological polar surface area (TPSA) is 83.1 Å². The molecular weight excluding hydrogens is 328 g/mol. The Labute approximate surface area is 148 Å². The Kier molecular flexibility index (Phi) is 4.32. The molecule has 24 heavy (non-hydrogen) atoms. The van der Waals surface area contributed by atoms with E-state index in [0.29, 0.717) is 11.8 Å². The molecule has 0 radical (unpaired) electrons. The standard InChI is InChI=1S/C17H29ClN4O2/c1-22-15-9(8-20-22)5-11(24-2)7-13(15)17(23)12-6-10(18)3-4-14(12)21-16(17)19/h9-15,20,23H,3-8H2,1-2H3,(H2,19,21). The van der Waals surface area contributed by atoms with Crippen molar-refractivity contribution >= 4 is 17.4 Å². The Morgan fingerprint density at radius 3 is 2.88 bits per heavy atom. The van der Waals surface area contributed by atoms with Gasteiger partial charge in [0, 0.05) is 44.0 Å². The molecule has 0 aromatic carbocycles. The van der Waals surface area contributed by atoms with Crippen LogP contribution < -0.4 is 11.2 Å². The van der Waals surface area contributed by atoms with Crippen molar-refractivity contribution in [1.82, 2.24) is 10.4 Å². The molecule has 0 aromatic rings. The number of hydrazine groups is 1. The van der Waals surface area contributed by atoms with E-state index in [0.717, 1.165) is 38.6 Å². The fourth-order valence-corrected chi connectivity index (χ4v) is 6.10. The van der Waals surface area contributed by atoms with Gasteiger partial charge in [-0.25, -0.2) is 5.01 Å². The van der Waals surface area contributed by atoms with E-state index in [1.807, 2.05) is 0 Å². The van der Waals surface area contributed by atoms with Crippen molar-refractivity contribution in [3.05, 3.63) is 0 Å². The lowest BCUT2D eigenvalue weighted by molar-refractivity contribution is -0.0947. The number of amidine groups is 1. The van der Waals surface area contributed by atoms with Gasteiger partial charge < -0.3 is 15.6 Å². The number of nitrogens with zero attached hydrogens (tertiary/aromatic N) is 2. The Hall–Kier alpha value is -0.400. The summed E-state index contributed by atoms with van der Waals surface area (Å²) >= 11 is 6.44. The second-order valence-corrected chi connectivity index (χ2v) is 8.70. The fourth-order valence-electron chi connectivity index (χ4n) is 5.78. The molecule has 4 rings (SSSR count). The van der Waals surface area contributed by atoms with Gasteiger partial charge in [0.15, 0.2) is 0 Å². The maximum atomic E-state index is 11.9. The van der Waals surface area contributed by atoms with Crippen LogP contribution in [0.1, 0.15) is 32.1 Å². The summed E-state index contributed by atoms with van der Waals surface area (Å²) in [5.41, 5.74) is 8.70. The van der Waals surface area contributed by atoms with Crippen LogP contribution in [0.5, 0.6) is 0 Å². The normalized spacial score (nSPS) is 52.0. The second kappa shape index (κ2) is 6.09. The van der Waals surface area contributed by atoms with Crippen molar-refractivity contribution in [2.45, 2.75) is 61.3 Å². The number of aliphatic imine (C=N–C) groups is 1. The van der Waals surface area contributed by atoms with Crippen LogP contribution in [0.4, 0.5) is 0 Å². The van der Waals surface area contributed by atoms with Crippen molar-refractivity contribution in [3.8, 4) is 0 Å². The van der Waals surface area contributed by atoms with Crippen LogP contribution >= 0.6 is 11.6 Å². The highest BCUT2D eigenvalue weighted by atomic mass is 35.5. The average molecular weight is 357 g/mol. The zero-order chi connectivity index (χ0) is 17.1. The van der Waals surface area contributed by atoms with Crippen molar-refractivity contribution in [2.75, 3.05) is 20.7 Å². The second-order valence-electron chi connectivity index (χ2n) is 8.08. The lowest BCUT2D eigenvalue weighted by atomic mass is 9.62. The molecule has 4 N–H and O–H groups in total. The summed E-state index contributed by atoms with van der Waals surface area (Å²) in [4.78, 5) is 4.67. The van der Waals surface area contributed by atoms with E-state index in [1.54, 1.807) is 7.11 Å². The Bertz CT molecular complexity index is 533. The lowest BCUT2D eigenvalue weighted by Crippen LogP contribution is -2.63. The Morgan fingerprint density at radius 1 is 1.33 bits per heavy atom. The van der Waals surface area contributed by atoms with Gasteiger partial charge in [-0.2, -0.15) is 0 Å². The number of nitrogens with two attached hydrogens (primary N) is 1. The van der Waals surface area contributed by atoms with Crippen molar-refractivity contribution < 1.29 is 9.84 Å². The summed E-state index contributed by atoms with van der Waals surface area (Å²) in [6.07, 6.45) is 4.66. The maximum absolute atomic E-state index is 11.9. The molecule has 136 valence electrons. The highest BCUT2D eigenvalue weighted by Gasteiger charge is 2.61. The molecule has 0 bridgehead atoms. The first-order valence-corrected chi connectivity index (χ1v) is 9.58. The zero-order valence-corrected chi connectivity index (χ0v) is 15.2. The highest BCUT2D eigenvalue weighted by molar-refractivity contribution is 6.20. The third kappa shape index (κ3) is 2.42. The van der Waals surface area contributed by atoms with Crippen LogP contribution in [0.2, 0.25) is 0 Å². The van der Waals surface area contributed by atoms with Crippen LogP contribution in [0.25, 0.3) is 0 Å². The smallest absolute Gasteiger partial charge is 0.130 e. The first kappa shape index (κ1) is 17.0. The molecular formula is C17H29ClN4O2. The van der Waals surface area contributed by atoms with Crippen LogP contribution in [-0.2, 0) is 4.74 Å². The number of methoxy groups -OCH3 is 1. The molecule has 0 amide bonds. The van der Waals surface area contributed by atoms with Crippen molar-refractivity contribution in [2.24, 2.45) is 28.5 Å². The molecule has 1 saturated heterocycles. The van der Waals surface area contributed by atoms with E-state index in [-0.39, 0.29) is 35.4 Å². The minimum Gasteiger partial charge on any atom is -0.385 e. The quantitative estimate of drug-likeness (QED) is 0.635. The fraction of sp³-hybridized carbons (Fsp3) is 0.941. The van der Waals surface area contributed by atoms with Gasteiger partial charge in [0.1, 0.15) is 11.4 Å². The van der Waals surface area contributed by atoms with Gasteiger partial charge in [0.2, 0.25) is 0 Å². The molecule has 2 saturated carbocycles. The Morgan fingerprint density at radius 2 is 2.12 bits per heavy atom. The summed E-state index contributed by atoms with van der Waals surface area (Å²) in [7, 11) is 3.83. The van der Waals surface area contributed by atoms with Gasteiger partial charge >= 0.3 is 0 Å². The summed E-state index contributed by atoms with van der Waals surface area (Å²) in [5.74, 6) is 0.931. The molecule has 8 unspecified atom stereocenters. The SMILES string of the molecule is COC1CC2CNN(C)C2C(C2(O)C(N)=NC3CCC(Cl)CC32)C1. The number of ether oxygens (including phenoxy) is 1. The van der Waals surface area contributed by atoms with Gasteiger partial charge in [0.25, 0.3) is 0 Å². The summed E-state index contributed by atoms with van der Waals surface area (Å²) < 4.78 is 5.70. The van der Waals surface area contributed by atoms with E-state index < -0.39 is 5.60 Å². The number of rotatable bonds is 2. The van der Waals surface area contributed by atoms with Crippen LogP contribution in [-0.4, -0.2) is 65.8 Å². The summed E-state index contributed by atoms with van der Waals surface area (Å²) in [5, 5.41) is 14.1. The molecule has 2 heterocycles. The number of halogens is 1. The molecule has 0 spiro atoms. The number of alkyl halides is 1. The minimum atomic E-state index is -1.07. The van der Waals surface area contributed by atoms with Crippen LogP contribution in [0, 0.1) is 17.8 Å². The number of fused-ring (bicyclic) bond motifs is 2. The number of hydrogen-bond acceptors (Lipinski definition) is 6. The molecule has 3 fully saturated rings. The number of nitrogens with one attached hydrogen (secondary N) is 1. The molecule has 8 atom stereocenters. The highest BCUT2D eigenvalue weighted by Crippen LogP contribution is 2.51. The van der Waals surface area contributed by atoms with E-state index in [1.165, 1.54) is 0 Å². The van der Waals surface area contributed by atoms with E-state index in [2.05, 4.69) is 22.5 Å². The number of aliphatic hydroxyl groups is 1. The first-order chi connectivity index (χ1) is 11.4. The molecule has 2 aliphatic carbocycles. The monoisotopic (exact) mass is 356 g/mol. The van der Waals surface area contributed by atoms with Gasteiger partial charge in [-0.3, -0.25) is 10.4 Å². The van der Waals surface area contributed by atoms with Crippen molar-refractivity contribution in [3.63, 3.8) is 0 Å². The first-order valence-electron chi connectivity index (χ1n) is 9.14. The van der Waals surface area contributed by atoms with Gasteiger partial charge in [-0.15, -0.1) is 11.6 Å². The van der Waals surface area contributed by atoms with E-state index in [9.17, 15) is 5.11 Å². The largest absolute Gasteiger partial charge is 0.385 e. The van der Waals surface area contributed by atoms with E-state index >= 15 is 0 Å². The predicted molar refractivity (Wildman–Crippen MR) is 93.9 cm³/mol. The average Bonchev–Trinajstić information content (AvgIpc) is 3.06. The molecule has 6 nitrogen and oxygen atoms in total. The van der Waals surface area contributed by atoms with Gasteiger partial charge in [-0.1, -0.05) is 0 Å². The zero-order valence-electron chi connectivity index (χ0n) is 14.5. The molecule has 2 aliphatic heterocycles. The number of hydrogen-bond donors (Lipinski definition) is 3. The van der Waals surface area contributed by atoms with Crippen molar-refractivity contribution in [1.29, 1.82) is 0 Å². The molecule has 7 heteroatoms. The lowest BCUT2D eigenvalue weighted by Gasteiger charge is -2.49. The Balaban J connectivity index is 1.69. The summed E-state index contributed by atoms with van der Waals surface area (Å²) in [6.45, 7) is 0.927. The van der Waals surface area contributed by atoms with Crippen LogP contribution in [0.15, 0.2) is 4.99 Å². The van der Waals surface area contributed by atoms with Gasteiger partial charge in [-0.05, 0) is 38.0 Å². The third-order valence-corrected chi connectivity index (χ3v) is 7.35. The molecule has 4 aliphatic rings.